The zero-order valence-corrected chi connectivity index (χ0v) is 18.9. The molecule has 0 radical (unpaired) electrons. The molecule has 0 amide bonds. The number of aromatic carboxylic acids is 1. The molecule has 36 heavy (non-hydrogen) atoms. The molecule has 1 atom stereocenters. The van der Waals surface area contributed by atoms with Gasteiger partial charge in [-0.1, -0.05) is 12.1 Å². The first-order valence-corrected chi connectivity index (χ1v) is 11.1. The van der Waals surface area contributed by atoms with Gasteiger partial charge in [0.1, 0.15) is 23.2 Å². The topological polar surface area (TPSA) is 122 Å². The lowest BCUT2D eigenvalue weighted by Crippen LogP contribution is -2.24. The minimum Gasteiger partial charge on any atom is -0.478 e. The van der Waals surface area contributed by atoms with E-state index in [1.165, 1.54) is 18.4 Å². The maximum atomic E-state index is 13.0. The Bertz CT molecular complexity index is 1500. The largest absolute Gasteiger partial charge is 0.478 e. The number of hydrogen-bond donors (Lipinski definition) is 1. The predicted molar refractivity (Wildman–Crippen MR) is 127 cm³/mol. The van der Waals surface area contributed by atoms with E-state index in [4.69, 9.17) is 29.4 Å². The number of benzene rings is 3. The molecule has 3 aromatic carbocycles. The maximum absolute atomic E-state index is 13.0. The maximum Gasteiger partial charge on any atom is 0.335 e. The van der Waals surface area contributed by atoms with Gasteiger partial charge in [0.2, 0.25) is 0 Å². The van der Waals surface area contributed by atoms with E-state index in [0.29, 0.717) is 53.1 Å². The highest BCUT2D eigenvalue weighted by Crippen LogP contribution is 2.26. The highest BCUT2D eigenvalue weighted by molar-refractivity contribution is 5.87. The number of fused-ring (bicyclic) bond motifs is 1. The summed E-state index contributed by atoms with van der Waals surface area (Å²) in [6.45, 7) is 0.834. The summed E-state index contributed by atoms with van der Waals surface area (Å²) in [5.74, 6) is 0.0855. The third kappa shape index (κ3) is 5.11. The molecule has 5 rings (SSSR count). The van der Waals surface area contributed by atoms with Crippen molar-refractivity contribution >= 4 is 16.9 Å². The van der Waals surface area contributed by atoms with Gasteiger partial charge in [-0.05, 0) is 54.1 Å². The fourth-order valence-electron chi connectivity index (χ4n) is 3.89. The Hall–Kier alpha value is -4.49. The quantitative estimate of drug-likeness (QED) is 0.379. The lowest BCUT2D eigenvalue weighted by atomic mass is 10.1. The Kier molecular flexibility index (Phi) is 6.47. The Morgan fingerprint density at radius 1 is 1.08 bits per heavy atom. The van der Waals surface area contributed by atoms with E-state index in [1.54, 1.807) is 59.7 Å². The van der Waals surface area contributed by atoms with Crippen molar-refractivity contribution < 1.29 is 28.9 Å². The fraction of sp³-hybridized carbons (Fsp3) is 0.148. The minimum absolute atomic E-state index is 0.160. The smallest absolute Gasteiger partial charge is 0.335 e. The van der Waals surface area contributed by atoms with Gasteiger partial charge in [0.15, 0.2) is 5.43 Å². The third-order valence-corrected chi connectivity index (χ3v) is 5.74. The number of carboxylic acids is 1. The van der Waals surface area contributed by atoms with Gasteiger partial charge in [-0.2, -0.15) is 5.26 Å². The van der Waals surface area contributed by atoms with E-state index >= 15 is 0 Å². The zero-order chi connectivity index (χ0) is 25.1. The van der Waals surface area contributed by atoms with Crippen molar-refractivity contribution in [1.29, 1.82) is 5.26 Å². The first-order valence-electron chi connectivity index (χ1n) is 11.1. The van der Waals surface area contributed by atoms with Crippen LogP contribution in [-0.4, -0.2) is 28.8 Å². The van der Waals surface area contributed by atoms with E-state index in [1.807, 2.05) is 0 Å². The SMILES string of the molecule is N#Cc1ccc(Oc2ccc3c(=O)c(CC4CN(Cc5ccc(C(=O)O)cc5)OO4)coc3c2)cc1. The second kappa shape index (κ2) is 10.0. The molecule has 180 valence electrons. The Labute approximate surface area is 205 Å². The van der Waals surface area contributed by atoms with Crippen molar-refractivity contribution in [3.63, 3.8) is 0 Å². The molecular weight excluding hydrogens is 464 g/mol. The lowest BCUT2D eigenvalue weighted by molar-refractivity contribution is -0.385. The van der Waals surface area contributed by atoms with Crippen molar-refractivity contribution in [3.05, 3.63) is 105 Å². The van der Waals surface area contributed by atoms with Crippen LogP contribution in [0.4, 0.5) is 0 Å². The lowest BCUT2D eigenvalue weighted by Gasteiger charge is -2.11. The first kappa shape index (κ1) is 23.3. The molecule has 1 N–H and O–H groups in total. The van der Waals surface area contributed by atoms with Gasteiger partial charge >= 0.3 is 5.97 Å². The molecule has 0 aliphatic carbocycles. The van der Waals surface area contributed by atoms with Gasteiger partial charge in [0.05, 0.1) is 41.9 Å². The van der Waals surface area contributed by atoms with E-state index in [2.05, 4.69) is 6.07 Å². The molecule has 1 saturated heterocycles. The Morgan fingerprint density at radius 2 is 1.83 bits per heavy atom. The van der Waals surface area contributed by atoms with Gasteiger partial charge in [0.25, 0.3) is 0 Å². The summed E-state index contributed by atoms with van der Waals surface area (Å²) in [6, 6.07) is 20.3. The molecule has 1 aromatic heterocycles. The summed E-state index contributed by atoms with van der Waals surface area (Å²) >= 11 is 0. The standard InChI is InChI=1S/C27H20N2O7/c28-13-17-3-7-21(8-4-17)34-22-9-10-24-25(12-22)33-16-20(26(24)30)11-23-15-29(36-35-23)14-18-1-5-19(6-2-18)27(31)32/h1-10,12,16,23H,11,14-15H2,(H,31,32). The van der Waals surface area contributed by atoms with Crippen molar-refractivity contribution in [2.45, 2.75) is 19.1 Å². The van der Waals surface area contributed by atoms with Crippen LogP contribution >= 0.6 is 0 Å². The number of nitrogens with zero attached hydrogens (tertiary/aromatic N) is 2. The van der Waals surface area contributed by atoms with Crippen LogP contribution in [0.3, 0.4) is 0 Å². The van der Waals surface area contributed by atoms with Crippen LogP contribution in [0.2, 0.25) is 0 Å². The van der Waals surface area contributed by atoms with E-state index in [0.717, 1.165) is 5.56 Å². The zero-order valence-electron chi connectivity index (χ0n) is 18.9. The van der Waals surface area contributed by atoms with Crippen LogP contribution < -0.4 is 10.2 Å². The summed E-state index contributed by atoms with van der Waals surface area (Å²) in [6.07, 6.45) is 1.35. The van der Waals surface area contributed by atoms with Crippen LogP contribution in [0, 0.1) is 11.3 Å². The van der Waals surface area contributed by atoms with Crippen molar-refractivity contribution in [1.82, 2.24) is 5.06 Å². The molecule has 1 aliphatic heterocycles. The fourth-order valence-corrected chi connectivity index (χ4v) is 3.89. The first-order chi connectivity index (χ1) is 17.5. The molecule has 0 spiro atoms. The van der Waals surface area contributed by atoms with Crippen LogP contribution in [0.15, 0.2) is 82.2 Å². The third-order valence-electron chi connectivity index (χ3n) is 5.74. The van der Waals surface area contributed by atoms with Crippen LogP contribution in [0.25, 0.3) is 11.0 Å². The molecule has 1 unspecified atom stereocenters. The van der Waals surface area contributed by atoms with Gasteiger partial charge in [0, 0.05) is 18.1 Å². The molecule has 4 aromatic rings. The average Bonchev–Trinajstić information content (AvgIpc) is 3.33. The van der Waals surface area contributed by atoms with E-state index in [-0.39, 0.29) is 17.1 Å². The number of nitriles is 1. The highest BCUT2D eigenvalue weighted by atomic mass is 17.3. The minimum atomic E-state index is -0.980. The molecule has 1 aliphatic rings. The molecule has 0 bridgehead atoms. The summed E-state index contributed by atoms with van der Waals surface area (Å²) in [7, 11) is 0. The highest BCUT2D eigenvalue weighted by Gasteiger charge is 2.27. The van der Waals surface area contributed by atoms with E-state index < -0.39 is 5.97 Å². The molecule has 2 heterocycles. The predicted octanol–water partition coefficient (Wildman–Crippen LogP) is 4.45. The normalized spacial score (nSPS) is 15.6. The van der Waals surface area contributed by atoms with Gasteiger partial charge in [-0.25, -0.2) is 9.68 Å². The monoisotopic (exact) mass is 484 g/mol. The van der Waals surface area contributed by atoms with Crippen LogP contribution in [-0.2, 0) is 22.8 Å². The van der Waals surface area contributed by atoms with Crippen molar-refractivity contribution in [2.75, 3.05) is 6.54 Å². The van der Waals surface area contributed by atoms with Crippen molar-refractivity contribution in [2.24, 2.45) is 0 Å². The number of rotatable bonds is 7. The molecular formula is C27H20N2O7. The summed E-state index contributed by atoms with van der Waals surface area (Å²) < 4.78 is 11.5. The van der Waals surface area contributed by atoms with E-state index in [9.17, 15) is 9.59 Å². The van der Waals surface area contributed by atoms with Gasteiger partial charge in [-0.15, -0.1) is 10.1 Å². The van der Waals surface area contributed by atoms with Gasteiger partial charge < -0.3 is 14.3 Å². The Balaban J connectivity index is 1.23. The summed E-state index contributed by atoms with van der Waals surface area (Å²) in [5.41, 5.74) is 2.31. The number of carboxylic acid groups (broad SMARTS) is 1. The average molecular weight is 484 g/mol. The molecule has 1 fully saturated rings. The molecule has 9 nitrogen and oxygen atoms in total. The summed E-state index contributed by atoms with van der Waals surface area (Å²) in [4.78, 5) is 34.7. The second-order valence-electron chi connectivity index (χ2n) is 8.31. The van der Waals surface area contributed by atoms with Crippen LogP contribution in [0.5, 0.6) is 11.5 Å². The molecule has 9 heteroatoms. The number of hydrogen-bond acceptors (Lipinski definition) is 8. The van der Waals surface area contributed by atoms with Crippen molar-refractivity contribution in [3.8, 4) is 17.6 Å². The Morgan fingerprint density at radius 3 is 2.56 bits per heavy atom. The molecule has 0 saturated carbocycles. The number of hydroxylamine groups is 2. The second-order valence-corrected chi connectivity index (χ2v) is 8.31. The summed E-state index contributed by atoms with van der Waals surface area (Å²) in [5, 5.41) is 19.9. The van der Waals surface area contributed by atoms with Gasteiger partial charge in [-0.3, -0.25) is 4.79 Å². The number of carbonyl (C=O) groups is 1. The van der Waals surface area contributed by atoms with Crippen LogP contribution in [0.1, 0.15) is 27.0 Å². The number of ether oxygens (including phenoxy) is 1.